The minimum atomic E-state index is -0.275. The number of methoxy groups -OCH3 is 2. The minimum absolute atomic E-state index is 0.275. The van der Waals surface area contributed by atoms with Gasteiger partial charge in [0.05, 0.1) is 26.9 Å². The average molecular weight is 344 g/mol. The lowest BCUT2D eigenvalue weighted by atomic mass is 10.2. The maximum atomic E-state index is 12.1. The molecule has 0 aliphatic rings. The number of anilines is 1. The van der Waals surface area contributed by atoms with E-state index in [0.29, 0.717) is 32.1 Å². The lowest BCUT2D eigenvalue weighted by molar-refractivity contribution is 0.0617. The van der Waals surface area contributed by atoms with Crippen LogP contribution in [0.5, 0.6) is 5.75 Å². The first kappa shape index (κ1) is 18.8. The Kier molecular flexibility index (Phi) is 7.75. The van der Waals surface area contributed by atoms with Crippen LogP contribution in [0.1, 0.15) is 11.1 Å². The second-order valence-corrected chi connectivity index (χ2v) is 5.37. The smallest absolute Gasteiger partial charge is 0.319 e. The molecule has 0 heterocycles. The predicted octanol–water partition coefficient (Wildman–Crippen LogP) is 3.18. The molecule has 2 N–H and O–H groups in total. The molecule has 6 nitrogen and oxygen atoms in total. The standard InChI is InChI=1S/C19H24N2O4/c1-23-10-11-25-14-15-6-5-8-17(12-15)21-19(22)20-13-16-7-3-4-9-18(16)24-2/h3-9,12H,10-11,13-14H2,1-2H3,(H2,20,21,22). The van der Waals surface area contributed by atoms with Gasteiger partial charge >= 0.3 is 6.03 Å². The van der Waals surface area contributed by atoms with Gasteiger partial charge in [0.15, 0.2) is 0 Å². The van der Waals surface area contributed by atoms with E-state index in [2.05, 4.69) is 10.6 Å². The van der Waals surface area contributed by atoms with Crippen molar-refractivity contribution in [1.82, 2.24) is 5.32 Å². The second-order valence-electron chi connectivity index (χ2n) is 5.37. The summed E-state index contributed by atoms with van der Waals surface area (Å²) in [5.41, 5.74) is 2.62. The number of urea groups is 1. The summed E-state index contributed by atoms with van der Waals surface area (Å²) in [6, 6.07) is 14.8. The van der Waals surface area contributed by atoms with Gasteiger partial charge in [0.2, 0.25) is 0 Å². The molecule has 0 saturated heterocycles. The summed E-state index contributed by atoms with van der Waals surface area (Å²) in [7, 11) is 3.25. The number of carbonyl (C=O) groups excluding carboxylic acids is 1. The Morgan fingerprint density at radius 3 is 2.68 bits per heavy atom. The van der Waals surface area contributed by atoms with Gasteiger partial charge in [0.25, 0.3) is 0 Å². The number of benzene rings is 2. The highest BCUT2D eigenvalue weighted by molar-refractivity contribution is 5.89. The van der Waals surface area contributed by atoms with Crippen LogP contribution in [-0.2, 0) is 22.6 Å². The Bertz CT molecular complexity index is 676. The fourth-order valence-electron chi connectivity index (χ4n) is 2.27. The molecule has 25 heavy (non-hydrogen) atoms. The van der Waals surface area contributed by atoms with Crippen molar-refractivity contribution in [1.29, 1.82) is 0 Å². The zero-order chi connectivity index (χ0) is 17.9. The summed E-state index contributed by atoms with van der Waals surface area (Å²) in [4.78, 5) is 12.1. The number of ether oxygens (including phenoxy) is 3. The van der Waals surface area contributed by atoms with E-state index in [1.54, 1.807) is 14.2 Å². The van der Waals surface area contributed by atoms with Crippen LogP contribution in [-0.4, -0.2) is 33.5 Å². The molecule has 2 aromatic carbocycles. The Hall–Kier alpha value is -2.57. The van der Waals surface area contributed by atoms with Gasteiger partial charge in [-0.2, -0.15) is 0 Å². The van der Waals surface area contributed by atoms with Crippen molar-refractivity contribution in [3.05, 3.63) is 59.7 Å². The first-order chi connectivity index (χ1) is 12.2. The molecule has 0 aromatic heterocycles. The van der Waals surface area contributed by atoms with E-state index in [9.17, 15) is 4.79 Å². The molecule has 6 heteroatoms. The Balaban J connectivity index is 1.83. The fourth-order valence-corrected chi connectivity index (χ4v) is 2.27. The van der Waals surface area contributed by atoms with Gasteiger partial charge in [-0.15, -0.1) is 0 Å². The molecule has 0 saturated carbocycles. The molecular weight excluding hydrogens is 320 g/mol. The topological polar surface area (TPSA) is 68.8 Å². The second kappa shape index (κ2) is 10.3. The largest absolute Gasteiger partial charge is 0.496 e. The van der Waals surface area contributed by atoms with E-state index in [-0.39, 0.29) is 6.03 Å². The van der Waals surface area contributed by atoms with Crippen LogP contribution < -0.4 is 15.4 Å². The van der Waals surface area contributed by atoms with Crippen LogP contribution in [0.15, 0.2) is 48.5 Å². The third kappa shape index (κ3) is 6.45. The minimum Gasteiger partial charge on any atom is -0.496 e. The molecule has 0 spiro atoms. The van der Waals surface area contributed by atoms with E-state index in [1.807, 2.05) is 48.5 Å². The molecule has 0 fully saturated rings. The monoisotopic (exact) mass is 344 g/mol. The molecule has 2 amide bonds. The number of para-hydroxylation sites is 1. The van der Waals surface area contributed by atoms with Gasteiger partial charge in [-0.1, -0.05) is 30.3 Å². The SMILES string of the molecule is COCCOCc1cccc(NC(=O)NCc2ccccc2OC)c1. The van der Waals surface area contributed by atoms with Gasteiger partial charge < -0.3 is 24.8 Å². The quantitative estimate of drug-likeness (QED) is 0.686. The lowest BCUT2D eigenvalue weighted by Gasteiger charge is -2.11. The Morgan fingerprint density at radius 2 is 1.88 bits per heavy atom. The molecule has 0 atom stereocenters. The number of hydrogen-bond acceptors (Lipinski definition) is 4. The van der Waals surface area contributed by atoms with Gasteiger partial charge in [-0.3, -0.25) is 0 Å². The van der Waals surface area contributed by atoms with Gasteiger partial charge in [-0.25, -0.2) is 4.79 Å². The van der Waals surface area contributed by atoms with Gasteiger partial charge in [0.1, 0.15) is 5.75 Å². The van der Waals surface area contributed by atoms with Crippen molar-refractivity contribution < 1.29 is 19.0 Å². The highest BCUT2D eigenvalue weighted by Gasteiger charge is 2.05. The van der Waals surface area contributed by atoms with Gasteiger partial charge in [0, 0.05) is 24.9 Å². The number of nitrogens with one attached hydrogen (secondary N) is 2. The van der Waals surface area contributed by atoms with Crippen molar-refractivity contribution in [3.8, 4) is 5.75 Å². The average Bonchev–Trinajstić information content (AvgIpc) is 2.64. The summed E-state index contributed by atoms with van der Waals surface area (Å²) in [5, 5.41) is 5.64. The summed E-state index contributed by atoms with van der Waals surface area (Å²) < 4.78 is 15.7. The molecule has 134 valence electrons. The Labute approximate surface area is 148 Å². The van der Waals surface area contributed by atoms with Crippen molar-refractivity contribution in [2.75, 3.05) is 32.8 Å². The van der Waals surface area contributed by atoms with Crippen LogP contribution in [0.25, 0.3) is 0 Å². The molecule has 0 aliphatic heterocycles. The fraction of sp³-hybridized carbons (Fsp3) is 0.316. The van der Waals surface area contributed by atoms with Crippen LogP contribution >= 0.6 is 0 Å². The number of rotatable bonds is 9. The van der Waals surface area contributed by atoms with Crippen molar-refractivity contribution in [3.63, 3.8) is 0 Å². The highest BCUT2D eigenvalue weighted by atomic mass is 16.5. The van der Waals surface area contributed by atoms with E-state index in [4.69, 9.17) is 14.2 Å². The predicted molar refractivity (Wildman–Crippen MR) is 96.8 cm³/mol. The van der Waals surface area contributed by atoms with Crippen LogP contribution in [0.2, 0.25) is 0 Å². The normalized spacial score (nSPS) is 10.3. The maximum Gasteiger partial charge on any atom is 0.319 e. The number of amides is 2. The molecule has 0 bridgehead atoms. The summed E-state index contributed by atoms with van der Waals surface area (Å²) in [6.45, 7) is 1.95. The maximum absolute atomic E-state index is 12.1. The molecule has 2 rings (SSSR count). The van der Waals surface area contributed by atoms with Crippen LogP contribution in [0, 0.1) is 0 Å². The van der Waals surface area contributed by atoms with Crippen molar-refractivity contribution in [2.45, 2.75) is 13.2 Å². The third-order valence-corrected chi connectivity index (χ3v) is 3.52. The van der Waals surface area contributed by atoms with E-state index in [1.165, 1.54) is 0 Å². The summed E-state index contributed by atoms with van der Waals surface area (Å²) >= 11 is 0. The molecular formula is C19H24N2O4. The van der Waals surface area contributed by atoms with Crippen molar-refractivity contribution in [2.24, 2.45) is 0 Å². The van der Waals surface area contributed by atoms with E-state index < -0.39 is 0 Å². The molecule has 0 unspecified atom stereocenters. The molecule has 0 aliphatic carbocycles. The van der Waals surface area contributed by atoms with Crippen LogP contribution in [0.4, 0.5) is 10.5 Å². The van der Waals surface area contributed by atoms with Crippen molar-refractivity contribution >= 4 is 11.7 Å². The van der Waals surface area contributed by atoms with E-state index in [0.717, 1.165) is 16.9 Å². The van der Waals surface area contributed by atoms with Gasteiger partial charge in [-0.05, 0) is 23.8 Å². The summed E-state index contributed by atoms with van der Waals surface area (Å²) in [5.74, 6) is 0.748. The highest BCUT2D eigenvalue weighted by Crippen LogP contribution is 2.17. The number of hydrogen-bond donors (Lipinski definition) is 2. The molecule has 0 radical (unpaired) electrons. The number of carbonyl (C=O) groups is 1. The first-order valence-electron chi connectivity index (χ1n) is 8.05. The van der Waals surface area contributed by atoms with E-state index >= 15 is 0 Å². The zero-order valence-electron chi connectivity index (χ0n) is 14.6. The van der Waals surface area contributed by atoms with Crippen LogP contribution in [0.3, 0.4) is 0 Å². The zero-order valence-corrected chi connectivity index (χ0v) is 14.6. The first-order valence-corrected chi connectivity index (χ1v) is 8.05. The lowest BCUT2D eigenvalue weighted by Crippen LogP contribution is -2.28. The summed E-state index contributed by atoms with van der Waals surface area (Å²) in [6.07, 6.45) is 0. The molecule has 2 aromatic rings. The Morgan fingerprint density at radius 1 is 1.04 bits per heavy atom. The third-order valence-electron chi connectivity index (χ3n) is 3.52.